The van der Waals surface area contributed by atoms with Crippen LogP contribution in [0.4, 0.5) is 0 Å². The molecule has 0 amide bonds. The minimum Gasteiger partial charge on any atom is -0.379 e. The van der Waals surface area contributed by atoms with Crippen molar-refractivity contribution >= 4 is 0 Å². The average Bonchev–Trinajstić information content (AvgIpc) is 2.74. The number of hydrogen-bond acceptors (Lipinski definition) is 5. The van der Waals surface area contributed by atoms with Crippen molar-refractivity contribution in [1.29, 1.82) is 0 Å². The Hall–Kier alpha value is -0.200. The van der Waals surface area contributed by atoms with Crippen LogP contribution in [0.15, 0.2) is 0 Å². The second-order valence-electron chi connectivity index (χ2n) is 10.6. The van der Waals surface area contributed by atoms with E-state index in [9.17, 15) is 0 Å². The lowest BCUT2D eigenvalue weighted by molar-refractivity contribution is -0.0422. The molecule has 2 unspecified atom stereocenters. The topological polar surface area (TPSA) is 37.0 Å². The largest absolute Gasteiger partial charge is 0.379 e. The molecule has 3 heterocycles. The molecule has 0 saturated carbocycles. The maximum Gasteiger partial charge on any atom is 0.0594 e. The predicted molar refractivity (Wildman–Crippen MR) is 120 cm³/mol. The highest BCUT2D eigenvalue weighted by atomic mass is 16.5. The van der Waals surface area contributed by atoms with Gasteiger partial charge in [0.05, 0.1) is 26.4 Å². The number of ether oxygens (including phenoxy) is 2. The first-order chi connectivity index (χ1) is 14.0. The molecule has 0 aliphatic carbocycles. The van der Waals surface area contributed by atoms with Gasteiger partial charge >= 0.3 is 0 Å². The van der Waals surface area contributed by atoms with Crippen LogP contribution in [0.3, 0.4) is 0 Å². The predicted octanol–water partition coefficient (Wildman–Crippen LogP) is 3.24. The number of hydrogen-bond donors (Lipinski definition) is 1. The van der Waals surface area contributed by atoms with Crippen LogP contribution in [0.1, 0.15) is 59.8 Å². The third-order valence-corrected chi connectivity index (χ3v) is 7.72. The summed E-state index contributed by atoms with van der Waals surface area (Å²) >= 11 is 0. The van der Waals surface area contributed by atoms with Crippen LogP contribution in [0.2, 0.25) is 0 Å². The molecule has 0 radical (unpaired) electrons. The van der Waals surface area contributed by atoms with Gasteiger partial charge in [0.1, 0.15) is 0 Å². The molecule has 0 aromatic carbocycles. The van der Waals surface area contributed by atoms with Gasteiger partial charge in [-0.15, -0.1) is 0 Å². The zero-order valence-electron chi connectivity index (χ0n) is 19.6. The van der Waals surface area contributed by atoms with Gasteiger partial charge in [-0.25, -0.2) is 0 Å². The van der Waals surface area contributed by atoms with Crippen LogP contribution in [0, 0.1) is 17.3 Å². The van der Waals surface area contributed by atoms with Crippen molar-refractivity contribution in [2.45, 2.75) is 71.9 Å². The standard InChI is InChI=1S/C24H47N3O2/c1-20(2)22(26-11-15-28-16-12-26)19-24(3,4)23(27-13-17-29-18-14-27)6-5-21-7-9-25-10-8-21/h20-23,25H,5-19H2,1-4H3. The highest BCUT2D eigenvalue weighted by molar-refractivity contribution is 4.93. The molecular weight excluding hydrogens is 362 g/mol. The van der Waals surface area contributed by atoms with E-state index >= 15 is 0 Å². The molecule has 170 valence electrons. The van der Waals surface area contributed by atoms with Gasteiger partial charge in [-0.3, -0.25) is 9.80 Å². The summed E-state index contributed by atoms with van der Waals surface area (Å²) < 4.78 is 11.3. The first-order valence-corrected chi connectivity index (χ1v) is 12.3. The van der Waals surface area contributed by atoms with E-state index in [1.165, 1.54) is 45.2 Å². The van der Waals surface area contributed by atoms with Crippen molar-refractivity contribution < 1.29 is 9.47 Å². The van der Waals surface area contributed by atoms with Gasteiger partial charge in [0.2, 0.25) is 0 Å². The zero-order chi connectivity index (χ0) is 20.7. The molecule has 2 atom stereocenters. The molecule has 1 N–H and O–H groups in total. The number of piperidine rings is 1. The molecule has 0 aromatic rings. The molecule has 3 rings (SSSR count). The Labute approximate surface area is 179 Å². The molecule has 5 heteroatoms. The van der Waals surface area contributed by atoms with Crippen LogP contribution < -0.4 is 5.32 Å². The molecule has 3 aliphatic heterocycles. The van der Waals surface area contributed by atoms with E-state index in [4.69, 9.17) is 9.47 Å². The van der Waals surface area contributed by atoms with Gasteiger partial charge in [0, 0.05) is 38.3 Å². The van der Waals surface area contributed by atoms with E-state index in [0.717, 1.165) is 58.5 Å². The van der Waals surface area contributed by atoms with Gasteiger partial charge in [-0.05, 0) is 62.4 Å². The maximum absolute atomic E-state index is 5.70. The lowest BCUT2D eigenvalue weighted by Gasteiger charge is -2.48. The monoisotopic (exact) mass is 409 g/mol. The summed E-state index contributed by atoms with van der Waals surface area (Å²) in [7, 11) is 0. The Morgan fingerprint density at radius 3 is 2.00 bits per heavy atom. The van der Waals surface area contributed by atoms with Gasteiger partial charge in [-0.2, -0.15) is 0 Å². The highest BCUT2D eigenvalue weighted by Crippen LogP contribution is 2.38. The zero-order valence-corrected chi connectivity index (χ0v) is 19.6. The van der Waals surface area contributed by atoms with Crippen LogP contribution in [-0.4, -0.2) is 87.6 Å². The Morgan fingerprint density at radius 1 is 0.897 bits per heavy atom. The van der Waals surface area contributed by atoms with E-state index < -0.39 is 0 Å². The molecule has 29 heavy (non-hydrogen) atoms. The van der Waals surface area contributed by atoms with Crippen LogP contribution in [0.5, 0.6) is 0 Å². The van der Waals surface area contributed by atoms with Gasteiger partial charge in [0.25, 0.3) is 0 Å². The Bertz CT molecular complexity index is 453. The van der Waals surface area contributed by atoms with Crippen molar-refractivity contribution in [2.24, 2.45) is 17.3 Å². The quantitative estimate of drug-likeness (QED) is 0.633. The Kier molecular flexibility index (Phi) is 9.25. The smallest absolute Gasteiger partial charge is 0.0594 e. The first kappa shape index (κ1) is 23.5. The van der Waals surface area contributed by atoms with Crippen LogP contribution in [0.25, 0.3) is 0 Å². The minimum absolute atomic E-state index is 0.303. The fraction of sp³-hybridized carbons (Fsp3) is 1.00. The molecule has 3 fully saturated rings. The normalized spacial score (nSPS) is 26.0. The highest BCUT2D eigenvalue weighted by Gasteiger charge is 2.39. The second kappa shape index (κ2) is 11.4. The van der Waals surface area contributed by atoms with Crippen LogP contribution in [-0.2, 0) is 9.47 Å². The van der Waals surface area contributed by atoms with E-state index in [-0.39, 0.29) is 0 Å². The van der Waals surface area contributed by atoms with E-state index in [1.54, 1.807) is 0 Å². The summed E-state index contributed by atoms with van der Waals surface area (Å²) in [6, 6.07) is 1.31. The molecule has 3 saturated heterocycles. The molecule has 0 aromatic heterocycles. The molecule has 3 aliphatic rings. The van der Waals surface area contributed by atoms with E-state index in [1.807, 2.05) is 0 Å². The van der Waals surface area contributed by atoms with Crippen molar-refractivity contribution in [2.75, 3.05) is 65.7 Å². The second-order valence-corrected chi connectivity index (χ2v) is 10.6. The molecular formula is C24H47N3O2. The molecule has 5 nitrogen and oxygen atoms in total. The number of rotatable bonds is 9. The average molecular weight is 410 g/mol. The SMILES string of the molecule is CC(C)C(CC(C)(C)C(CCC1CCNCC1)N1CCOCC1)N1CCOCC1. The summed E-state index contributed by atoms with van der Waals surface area (Å²) in [5.41, 5.74) is 0.303. The third-order valence-electron chi connectivity index (χ3n) is 7.72. The van der Waals surface area contributed by atoms with Crippen molar-refractivity contribution in [3.63, 3.8) is 0 Å². The maximum atomic E-state index is 5.70. The number of nitrogens with zero attached hydrogens (tertiary/aromatic N) is 2. The van der Waals surface area contributed by atoms with E-state index in [0.29, 0.717) is 23.4 Å². The Balaban J connectivity index is 1.68. The Morgan fingerprint density at radius 2 is 1.45 bits per heavy atom. The summed E-state index contributed by atoms with van der Waals surface area (Å²) in [5, 5.41) is 3.53. The summed E-state index contributed by atoms with van der Waals surface area (Å²) in [5.74, 6) is 1.60. The van der Waals surface area contributed by atoms with E-state index in [2.05, 4.69) is 42.8 Å². The lowest BCUT2D eigenvalue weighted by atomic mass is 9.72. The summed E-state index contributed by atoms with van der Waals surface area (Å²) in [4.78, 5) is 5.47. The van der Waals surface area contributed by atoms with Crippen molar-refractivity contribution in [1.82, 2.24) is 15.1 Å². The van der Waals surface area contributed by atoms with Crippen molar-refractivity contribution in [3.8, 4) is 0 Å². The molecule has 0 bridgehead atoms. The minimum atomic E-state index is 0.303. The van der Waals surface area contributed by atoms with Crippen LogP contribution >= 0.6 is 0 Å². The van der Waals surface area contributed by atoms with Gasteiger partial charge < -0.3 is 14.8 Å². The summed E-state index contributed by atoms with van der Waals surface area (Å²) in [6.07, 6.45) is 6.72. The lowest BCUT2D eigenvalue weighted by Crippen LogP contribution is -2.54. The summed E-state index contributed by atoms with van der Waals surface area (Å²) in [6.45, 7) is 20.3. The number of morpholine rings is 2. The van der Waals surface area contributed by atoms with Crippen molar-refractivity contribution in [3.05, 3.63) is 0 Å². The number of nitrogens with one attached hydrogen (secondary N) is 1. The molecule has 0 spiro atoms. The van der Waals surface area contributed by atoms with Gasteiger partial charge in [-0.1, -0.05) is 27.7 Å². The fourth-order valence-corrected chi connectivity index (χ4v) is 5.89. The third kappa shape index (κ3) is 6.90. The van der Waals surface area contributed by atoms with Gasteiger partial charge in [0.15, 0.2) is 0 Å². The first-order valence-electron chi connectivity index (χ1n) is 12.3. The fourth-order valence-electron chi connectivity index (χ4n) is 5.89.